The molecule has 18 heavy (non-hydrogen) atoms. The van der Waals surface area contributed by atoms with Crippen molar-refractivity contribution >= 4 is 11.8 Å². The molecule has 1 aromatic rings. The summed E-state index contributed by atoms with van der Waals surface area (Å²) in [6.07, 6.45) is 8.44. The first-order chi connectivity index (χ1) is 8.76. The van der Waals surface area contributed by atoms with E-state index in [1.807, 2.05) is 11.8 Å². The number of benzene rings is 1. The van der Waals surface area contributed by atoms with Gasteiger partial charge in [-0.15, -0.1) is 24.1 Å². The van der Waals surface area contributed by atoms with Gasteiger partial charge in [0.15, 0.2) is 0 Å². The van der Waals surface area contributed by atoms with Crippen molar-refractivity contribution in [1.82, 2.24) is 5.32 Å². The van der Waals surface area contributed by atoms with Crippen LogP contribution in [0.1, 0.15) is 31.7 Å². The molecular formula is C16H23NS. The van der Waals surface area contributed by atoms with Crippen molar-refractivity contribution < 1.29 is 0 Å². The fraction of sp³-hybridized carbons (Fsp3) is 0.500. The highest BCUT2D eigenvalue weighted by molar-refractivity contribution is 7.99. The van der Waals surface area contributed by atoms with Gasteiger partial charge in [0.25, 0.3) is 0 Å². The lowest BCUT2D eigenvalue weighted by atomic mass is 10.2. The van der Waals surface area contributed by atoms with E-state index < -0.39 is 0 Å². The second-order valence-corrected chi connectivity index (χ2v) is 5.61. The topological polar surface area (TPSA) is 12.0 Å². The maximum Gasteiger partial charge on any atom is 0.0170 e. The number of thioether (sulfide) groups is 1. The second-order valence-electron chi connectivity index (χ2n) is 4.52. The lowest BCUT2D eigenvalue weighted by Crippen LogP contribution is -2.31. The predicted octanol–water partition coefficient (Wildman–Crippen LogP) is 3.87. The van der Waals surface area contributed by atoms with Crippen molar-refractivity contribution in [1.29, 1.82) is 0 Å². The van der Waals surface area contributed by atoms with E-state index in [2.05, 4.69) is 49.4 Å². The van der Waals surface area contributed by atoms with E-state index in [-0.39, 0.29) is 0 Å². The molecule has 0 radical (unpaired) electrons. The van der Waals surface area contributed by atoms with Crippen molar-refractivity contribution in [3.8, 4) is 12.3 Å². The van der Waals surface area contributed by atoms with Crippen LogP contribution < -0.4 is 5.32 Å². The monoisotopic (exact) mass is 261 g/mol. The summed E-state index contributed by atoms with van der Waals surface area (Å²) in [5.74, 6) is 3.82. The summed E-state index contributed by atoms with van der Waals surface area (Å²) in [5, 5.41) is 3.57. The van der Waals surface area contributed by atoms with E-state index in [9.17, 15) is 0 Å². The molecule has 0 saturated heterocycles. The summed E-state index contributed by atoms with van der Waals surface area (Å²) in [7, 11) is 0. The van der Waals surface area contributed by atoms with E-state index in [0.717, 1.165) is 25.1 Å². The molecule has 1 aromatic carbocycles. The Morgan fingerprint density at radius 2 is 2.06 bits per heavy atom. The number of nitrogens with one attached hydrogen (secondary N) is 1. The Morgan fingerprint density at radius 3 is 2.67 bits per heavy atom. The third kappa shape index (κ3) is 6.14. The number of hydrogen-bond acceptors (Lipinski definition) is 2. The van der Waals surface area contributed by atoms with E-state index in [1.165, 1.54) is 16.9 Å². The first kappa shape index (κ1) is 15.1. The highest BCUT2D eigenvalue weighted by Gasteiger charge is 2.07. The van der Waals surface area contributed by atoms with Crippen LogP contribution in [-0.2, 0) is 0 Å². The molecule has 0 aliphatic rings. The van der Waals surface area contributed by atoms with Gasteiger partial charge in [-0.05, 0) is 38.4 Å². The molecule has 1 nitrogen and oxygen atoms in total. The third-order valence-electron chi connectivity index (χ3n) is 2.79. The standard InChI is InChI=1S/C16H23NS/c1-4-6-7-15(17-12-5-2)13-18-16-10-8-14(3)9-11-16/h1,8-11,15,17H,5-7,12-13H2,2-3H3. The molecule has 1 atom stereocenters. The van der Waals surface area contributed by atoms with Crippen molar-refractivity contribution in [3.05, 3.63) is 29.8 Å². The number of hydrogen-bond donors (Lipinski definition) is 1. The highest BCUT2D eigenvalue weighted by Crippen LogP contribution is 2.20. The molecule has 0 aliphatic carbocycles. The Hall–Kier alpha value is -0.910. The van der Waals surface area contributed by atoms with Crippen LogP contribution in [0.3, 0.4) is 0 Å². The van der Waals surface area contributed by atoms with Gasteiger partial charge in [-0.1, -0.05) is 24.6 Å². The van der Waals surface area contributed by atoms with Gasteiger partial charge in [-0.25, -0.2) is 0 Å². The predicted molar refractivity (Wildman–Crippen MR) is 82.1 cm³/mol. The zero-order valence-corrected chi connectivity index (χ0v) is 12.2. The molecule has 1 unspecified atom stereocenters. The zero-order valence-electron chi connectivity index (χ0n) is 11.4. The van der Waals surface area contributed by atoms with Gasteiger partial charge in [0, 0.05) is 23.1 Å². The maximum atomic E-state index is 5.34. The van der Waals surface area contributed by atoms with Crippen LogP contribution in [-0.4, -0.2) is 18.3 Å². The van der Waals surface area contributed by atoms with Gasteiger partial charge in [0.2, 0.25) is 0 Å². The molecule has 0 bridgehead atoms. The van der Waals surface area contributed by atoms with Crippen LogP contribution in [0.2, 0.25) is 0 Å². The largest absolute Gasteiger partial charge is 0.313 e. The minimum atomic E-state index is 0.521. The number of rotatable bonds is 8. The van der Waals surface area contributed by atoms with Gasteiger partial charge in [0.1, 0.15) is 0 Å². The summed E-state index contributed by atoms with van der Waals surface area (Å²) in [4.78, 5) is 1.34. The molecule has 0 aromatic heterocycles. The van der Waals surface area contributed by atoms with E-state index in [1.54, 1.807) is 0 Å². The fourth-order valence-electron chi connectivity index (χ4n) is 1.68. The summed E-state index contributed by atoms with van der Waals surface area (Å²) in [5.41, 5.74) is 1.31. The van der Waals surface area contributed by atoms with E-state index >= 15 is 0 Å². The average molecular weight is 261 g/mol. The van der Waals surface area contributed by atoms with Crippen molar-refractivity contribution in [2.45, 2.75) is 44.0 Å². The molecule has 98 valence electrons. The smallest absolute Gasteiger partial charge is 0.0170 e. The van der Waals surface area contributed by atoms with Crippen molar-refractivity contribution in [3.63, 3.8) is 0 Å². The van der Waals surface area contributed by atoms with E-state index in [0.29, 0.717) is 6.04 Å². The SMILES string of the molecule is C#CCCC(CSc1ccc(C)cc1)NCCC. The van der Waals surface area contributed by atoms with Crippen LogP contribution in [0, 0.1) is 19.3 Å². The van der Waals surface area contributed by atoms with E-state index in [4.69, 9.17) is 6.42 Å². The molecular weight excluding hydrogens is 238 g/mol. The summed E-state index contributed by atoms with van der Waals surface area (Å²) in [6.45, 7) is 5.38. The van der Waals surface area contributed by atoms with Gasteiger partial charge >= 0.3 is 0 Å². The molecule has 1 rings (SSSR count). The Balaban J connectivity index is 2.40. The Bertz CT molecular complexity index is 364. The quantitative estimate of drug-likeness (QED) is 0.563. The normalized spacial score (nSPS) is 12.1. The van der Waals surface area contributed by atoms with Crippen molar-refractivity contribution in [2.75, 3.05) is 12.3 Å². The second kappa shape index (κ2) is 9.08. The first-order valence-electron chi connectivity index (χ1n) is 6.62. The zero-order chi connectivity index (χ0) is 13.2. The first-order valence-corrected chi connectivity index (χ1v) is 7.61. The molecule has 0 fully saturated rings. The minimum Gasteiger partial charge on any atom is -0.313 e. The Morgan fingerprint density at radius 1 is 1.33 bits per heavy atom. The van der Waals surface area contributed by atoms with Crippen LogP contribution in [0.25, 0.3) is 0 Å². The lowest BCUT2D eigenvalue weighted by molar-refractivity contribution is 0.526. The molecule has 2 heteroatoms. The highest BCUT2D eigenvalue weighted by atomic mass is 32.2. The lowest BCUT2D eigenvalue weighted by Gasteiger charge is -2.17. The fourth-order valence-corrected chi connectivity index (χ4v) is 2.69. The molecule has 0 saturated carbocycles. The summed E-state index contributed by atoms with van der Waals surface area (Å²) in [6, 6.07) is 9.24. The van der Waals surface area contributed by atoms with Crippen molar-refractivity contribution in [2.24, 2.45) is 0 Å². The summed E-state index contributed by atoms with van der Waals surface area (Å²) >= 11 is 1.91. The molecule has 0 aliphatic heterocycles. The van der Waals surface area contributed by atoms with Crippen LogP contribution in [0.15, 0.2) is 29.2 Å². The van der Waals surface area contributed by atoms with Crippen LogP contribution in [0.5, 0.6) is 0 Å². The van der Waals surface area contributed by atoms with Gasteiger partial charge in [0.05, 0.1) is 0 Å². The van der Waals surface area contributed by atoms with Gasteiger partial charge in [-0.3, -0.25) is 0 Å². The minimum absolute atomic E-state index is 0.521. The van der Waals surface area contributed by atoms with Crippen LogP contribution >= 0.6 is 11.8 Å². The molecule has 0 heterocycles. The van der Waals surface area contributed by atoms with Gasteiger partial charge < -0.3 is 5.32 Å². The maximum absolute atomic E-state index is 5.34. The number of aryl methyl sites for hydroxylation is 1. The number of terminal acetylenes is 1. The molecule has 0 spiro atoms. The third-order valence-corrected chi connectivity index (χ3v) is 3.97. The van der Waals surface area contributed by atoms with Gasteiger partial charge in [-0.2, -0.15) is 0 Å². The van der Waals surface area contributed by atoms with Crippen LogP contribution in [0.4, 0.5) is 0 Å². The summed E-state index contributed by atoms with van der Waals surface area (Å²) < 4.78 is 0. The molecule has 1 N–H and O–H groups in total. The Labute approximate surface area is 116 Å². The average Bonchev–Trinajstić information content (AvgIpc) is 2.40. The molecule has 0 amide bonds. The Kier molecular flexibility index (Phi) is 7.64.